The summed E-state index contributed by atoms with van der Waals surface area (Å²) >= 11 is 0. The number of anilines is 1. The lowest BCUT2D eigenvalue weighted by Crippen LogP contribution is -2.30. The third-order valence-corrected chi connectivity index (χ3v) is 3.48. The molecule has 0 unspecified atom stereocenters. The summed E-state index contributed by atoms with van der Waals surface area (Å²) < 4.78 is 16.1. The first-order valence-electron chi connectivity index (χ1n) is 8.37. The number of pyridine rings is 1. The molecule has 0 saturated heterocycles. The van der Waals surface area contributed by atoms with E-state index in [4.69, 9.17) is 14.2 Å². The first-order chi connectivity index (χ1) is 12.5. The van der Waals surface area contributed by atoms with E-state index in [-0.39, 0.29) is 30.1 Å². The first kappa shape index (κ1) is 22.8. The van der Waals surface area contributed by atoms with Crippen molar-refractivity contribution in [1.29, 1.82) is 0 Å². The Morgan fingerprint density at radius 2 is 1.85 bits per heavy atom. The quantitative estimate of drug-likeness (QED) is 0.353. The van der Waals surface area contributed by atoms with E-state index in [9.17, 15) is 0 Å². The van der Waals surface area contributed by atoms with Crippen molar-refractivity contribution in [1.82, 2.24) is 10.3 Å². The molecule has 0 amide bonds. The fourth-order valence-electron chi connectivity index (χ4n) is 2.24. The minimum absolute atomic E-state index is 0. The van der Waals surface area contributed by atoms with Crippen LogP contribution in [0.1, 0.15) is 19.4 Å². The maximum absolute atomic E-state index is 5.55. The molecule has 27 heavy (non-hydrogen) atoms. The van der Waals surface area contributed by atoms with Crippen molar-refractivity contribution in [2.24, 2.45) is 4.99 Å². The zero-order chi connectivity index (χ0) is 18.9. The van der Waals surface area contributed by atoms with Crippen LogP contribution < -0.4 is 24.8 Å². The summed E-state index contributed by atoms with van der Waals surface area (Å²) in [6.45, 7) is 4.53. The Balaban J connectivity index is 0.00000364. The number of methoxy groups -OCH3 is 2. The van der Waals surface area contributed by atoms with Crippen molar-refractivity contribution < 1.29 is 14.2 Å². The molecule has 1 aromatic heterocycles. The maximum Gasteiger partial charge on any atom is 0.213 e. The van der Waals surface area contributed by atoms with Crippen LogP contribution in [0.25, 0.3) is 0 Å². The van der Waals surface area contributed by atoms with Crippen LogP contribution in [0.2, 0.25) is 0 Å². The Kier molecular flexibility index (Phi) is 9.70. The Labute approximate surface area is 177 Å². The second-order valence-electron chi connectivity index (χ2n) is 5.79. The van der Waals surface area contributed by atoms with E-state index in [0.29, 0.717) is 29.9 Å². The summed E-state index contributed by atoms with van der Waals surface area (Å²) in [5, 5.41) is 6.47. The van der Waals surface area contributed by atoms with Crippen molar-refractivity contribution in [3.63, 3.8) is 0 Å². The van der Waals surface area contributed by atoms with E-state index in [1.807, 2.05) is 44.2 Å². The highest BCUT2D eigenvalue weighted by Crippen LogP contribution is 2.29. The van der Waals surface area contributed by atoms with E-state index in [0.717, 1.165) is 11.3 Å². The van der Waals surface area contributed by atoms with Crippen LogP contribution >= 0.6 is 24.0 Å². The molecule has 0 spiro atoms. The lowest BCUT2D eigenvalue weighted by molar-refractivity contribution is 0.232. The molecular formula is C19H27IN4O3. The topological polar surface area (TPSA) is 77.0 Å². The Morgan fingerprint density at radius 3 is 2.41 bits per heavy atom. The molecule has 0 bridgehead atoms. The van der Waals surface area contributed by atoms with E-state index in [1.165, 1.54) is 0 Å². The molecule has 0 radical (unpaired) electrons. The van der Waals surface area contributed by atoms with Crippen molar-refractivity contribution in [2.75, 3.05) is 26.6 Å². The van der Waals surface area contributed by atoms with Gasteiger partial charge in [-0.3, -0.25) is 4.99 Å². The zero-order valence-corrected chi connectivity index (χ0v) is 18.6. The lowest BCUT2D eigenvalue weighted by atomic mass is 10.2. The van der Waals surface area contributed by atoms with Gasteiger partial charge in [-0.25, -0.2) is 4.98 Å². The summed E-state index contributed by atoms with van der Waals surface area (Å²) in [5.74, 6) is 2.59. The van der Waals surface area contributed by atoms with Crippen LogP contribution in [0.3, 0.4) is 0 Å². The molecule has 7 nitrogen and oxygen atoms in total. The number of hydrogen-bond acceptors (Lipinski definition) is 5. The standard InChI is InChI=1S/C19H26N4O3.HI/c1-13(2)26-18-9-6-14(11-21-18)12-22-19(20-3)23-15-7-8-16(24-4)17(10-15)25-5;/h6-11,13H,12H2,1-5H3,(H2,20,22,23);1H. The van der Waals surface area contributed by atoms with E-state index < -0.39 is 0 Å². The van der Waals surface area contributed by atoms with Crippen LogP contribution in [0, 0.1) is 0 Å². The van der Waals surface area contributed by atoms with Crippen LogP contribution in [0.15, 0.2) is 41.5 Å². The highest BCUT2D eigenvalue weighted by molar-refractivity contribution is 14.0. The highest BCUT2D eigenvalue weighted by atomic mass is 127. The average molecular weight is 486 g/mol. The van der Waals surface area contributed by atoms with Crippen molar-refractivity contribution in [3.8, 4) is 17.4 Å². The average Bonchev–Trinajstić information content (AvgIpc) is 2.65. The third-order valence-electron chi connectivity index (χ3n) is 3.48. The van der Waals surface area contributed by atoms with E-state index in [1.54, 1.807) is 27.5 Å². The van der Waals surface area contributed by atoms with Gasteiger partial charge in [-0.05, 0) is 31.5 Å². The number of aromatic nitrogens is 1. The molecule has 0 aliphatic rings. The highest BCUT2D eigenvalue weighted by Gasteiger charge is 2.06. The number of benzene rings is 1. The van der Waals surface area contributed by atoms with Gasteiger partial charge in [0.05, 0.1) is 20.3 Å². The molecule has 2 N–H and O–H groups in total. The van der Waals surface area contributed by atoms with Crippen molar-refractivity contribution in [2.45, 2.75) is 26.5 Å². The third kappa shape index (κ3) is 7.12. The van der Waals surface area contributed by atoms with Gasteiger partial charge in [0.2, 0.25) is 5.88 Å². The Morgan fingerprint density at radius 1 is 1.11 bits per heavy atom. The number of nitrogens with zero attached hydrogens (tertiary/aromatic N) is 2. The Bertz CT molecular complexity index is 736. The van der Waals surface area contributed by atoms with Gasteiger partial charge in [-0.15, -0.1) is 24.0 Å². The second kappa shape index (κ2) is 11.5. The molecule has 2 rings (SSSR count). The summed E-state index contributed by atoms with van der Waals surface area (Å²) in [6, 6.07) is 9.42. The number of aliphatic imine (C=N–C) groups is 1. The van der Waals surface area contributed by atoms with Crippen LogP contribution in [0.5, 0.6) is 17.4 Å². The molecule has 0 fully saturated rings. The monoisotopic (exact) mass is 486 g/mol. The fraction of sp³-hybridized carbons (Fsp3) is 0.368. The lowest BCUT2D eigenvalue weighted by Gasteiger charge is -2.14. The Hall–Kier alpha value is -2.23. The van der Waals surface area contributed by atoms with Crippen LogP contribution in [-0.2, 0) is 6.54 Å². The number of rotatable bonds is 7. The zero-order valence-electron chi connectivity index (χ0n) is 16.3. The summed E-state index contributed by atoms with van der Waals surface area (Å²) in [5.41, 5.74) is 1.87. The van der Waals surface area contributed by atoms with Gasteiger partial charge in [0.15, 0.2) is 17.5 Å². The molecule has 148 valence electrons. The molecular weight excluding hydrogens is 459 g/mol. The number of guanidine groups is 1. The normalized spacial score (nSPS) is 10.8. The predicted molar refractivity (Wildman–Crippen MR) is 119 cm³/mol. The molecule has 0 aliphatic carbocycles. The van der Waals surface area contributed by atoms with Gasteiger partial charge in [-0.2, -0.15) is 0 Å². The summed E-state index contributed by atoms with van der Waals surface area (Å²) in [6.07, 6.45) is 1.89. The predicted octanol–water partition coefficient (Wildman–Crippen LogP) is 3.69. The molecule has 0 saturated carbocycles. The summed E-state index contributed by atoms with van der Waals surface area (Å²) in [4.78, 5) is 8.53. The smallest absolute Gasteiger partial charge is 0.213 e. The van der Waals surface area contributed by atoms with Gasteiger partial charge >= 0.3 is 0 Å². The summed E-state index contributed by atoms with van der Waals surface area (Å²) in [7, 11) is 4.93. The number of hydrogen-bond donors (Lipinski definition) is 2. The largest absolute Gasteiger partial charge is 0.493 e. The minimum atomic E-state index is 0. The molecule has 1 heterocycles. The fourth-order valence-corrected chi connectivity index (χ4v) is 2.24. The molecule has 0 aliphatic heterocycles. The van der Waals surface area contributed by atoms with Gasteiger partial charge in [-0.1, -0.05) is 6.07 Å². The first-order valence-corrected chi connectivity index (χ1v) is 8.37. The number of ether oxygens (including phenoxy) is 3. The van der Waals surface area contributed by atoms with E-state index in [2.05, 4.69) is 20.6 Å². The molecule has 1 aromatic carbocycles. The maximum atomic E-state index is 5.55. The molecule has 2 aromatic rings. The van der Waals surface area contributed by atoms with Gasteiger partial charge < -0.3 is 24.8 Å². The SMILES string of the molecule is CN=C(NCc1ccc(OC(C)C)nc1)Nc1ccc(OC)c(OC)c1.I. The van der Waals surface area contributed by atoms with E-state index >= 15 is 0 Å². The van der Waals surface area contributed by atoms with Crippen LogP contribution in [0.4, 0.5) is 5.69 Å². The van der Waals surface area contributed by atoms with Gasteiger partial charge in [0.1, 0.15) is 0 Å². The van der Waals surface area contributed by atoms with Gasteiger partial charge in [0.25, 0.3) is 0 Å². The van der Waals surface area contributed by atoms with Gasteiger partial charge in [0, 0.05) is 37.6 Å². The minimum Gasteiger partial charge on any atom is -0.493 e. The number of nitrogens with one attached hydrogen (secondary N) is 2. The van der Waals surface area contributed by atoms with Crippen molar-refractivity contribution in [3.05, 3.63) is 42.1 Å². The van der Waals surface area contributed by atoms with Crippen molar-refractivity contribution >= 4 is 35.6 Å². The molecule has 0 atom stereocenters. The second-order valence-corrected chi connectivity index (χ2v) is 5.79. The number of halogens is 1. The molecule has 8 heteroatoms. The van der Waals surface area contributed by atoms with Crippen LogP contribution in [-0.4, -0.2) is 38.3 Å².